The van der Waals surface area contributed by atoms with Gasteiger partial charge in [-0.1, -0.05) is 12.1 Å². The molecule has 0 N–H and O–H groups in total. The number of thiophene rings is 1. The summed E-state index contributed by atoms with van der Waals surface area (Å²) in [6.07, 6.45) is 0.836. The van der Waals surface area contributed by atoms with Gasteiger partial charge in [0, 0.05) is 35.9 Å². The van der Waals surface area contributed by atoms with Crippen LogP contribution in [0, 0.1) is 20.8 Å². The molecule has 0 bridgehead atoms. The SMILES string of the molecule is COc1ccc(CCn2c(C)cc(C(=O)COC(=O)c3cc4c(C)nn(C)c4s3)c2C)cc1. The van der Waals surface area contributed by atoms with Crippen molar-refractivity contribution in [2.45, 2.75) is 33.7 Å². The van der Waals surface area contributed by atoms with Gasteiger partial charge in [0.1, 0.15) is 15.5 Å². The van der Waals surface area contributed by atoms with Crippen molar-refractivity contribution in [2.75, 3.05) is 13.7 Å². The lowest BCUT2D eigenvalue weighted by Crippen LogP contribution is -2.14. The van der Waals surface area contributed by atoms with Crippen LogP contribution in [-0.4, -0.2) is 39.8 Å². The van der Waals surface area contributed by atoms with Gasteiger partial charge in [-0.05, 0) is 57.0 Å². The van der Waals surface area contributed by atoms with Gasteiger partial charge in [-0.15, -0.1) is 11.3 Å². The van der Waals surface area contributed by atoms with Gasteiger partial charge in [-0.3, -0.25) is 9.48 Å². The molecule has 33 heavy (non-hydrogen) atoms. The lowest BCUT2D eigenvalue weighted by molar-refractivity contribution is 0.0479. The van der Waals surface area contributed by atoms with Crippen LogP contribution in [0.1, 0.15) is 42.7 Å². The summed E-state index contributed by atoms with van der Waals surface area (Å²) < 4.78 is 14.4. The zero-order chi connectivity index (χ0) is 23.7. The highest BCUT2D eigenvalue weighted by Crippen LogP contribution is 2.28. The zero-order valence-corrected chi connectivity index (χ0v) is 20.3. The molecule has 0 amide bonds. The fourth-order valence-electron chi connectivity index (χ4n) is 4.05. The fourth-order valence-corrected chi connectivity index (χ4v) is 5.06. The van der Waals surface area contributed by atoms with Gasteiger partial charge in [0.2, 0.25) is 5.78 Å². The molecule has 0 fully saturated rings. The Balaban J connectivity index is 1.40. The van der Waals surface area contributed by atoms with E-state index in [1.165, 1.54) is 16.9 Å². The fraction of sp³-hybridized carbons (Fsp3) is 0.320. The second kappa shape index (κ2) is 9.23. The van der Waals surface area contributed by atoms with Gasteiger partial charge in [0.05, 0.1) is 12.8 Å². The number of carbonyl (C=O) groups is 2. The standard InChI is InChI=1S/C25H27N3O4S/c1-15-12-21(17(3)28(15)11-10-18-6-8-19(31-5)9-7-18)22(29)14-32-25(30)23-13-20-16(2)26-27(4)24(20)33-23/h6-9,12-13H,10-11,14H2,1-5H3. The molecule has 8 heteroatoms. The number of hydrogen-bond acceptors (Lipinski definition) is 6. The number of aryl methyl sites for hydroxylation is 4. The molecule has 3 heterocycles. The van der Waals surface area contributed by atoms with E-state index in [-0.39, 0.29) is 12.4 Å². The Labute approximate surface area is 196 Å². The monoisotopic (exact) mass is 465 g/mol. The number of esters is 1. The molecule has 3 aromatic heterocycles. The van der Waals surface area contributed by atoms with E-state index in [0.29, 0.717) is 10.4 Å². The molecule has 0 aliphatic rings. The van der Waals surface area contributed by atoms with Crippen LogP contribution in [0.2, 0.25) is 0 Å². The van der Waals surface area contributed by atoms with E-state index in [4.69, 9.17) is 9.47 Å². The van der Waals surface area contributed by atoms with Gasteiger partial charge >= 0.3 is 5.97 Å². The lowest BCUT2D eigenvalue weighted by Gasteiger charge is -2.10. The summed E-state index contributed by atoms with van der Waals surface area (Å²) in [6.45, 7) is 6.28. The van der Waals surface area contributed by atoms with E-state index < -0.39 is 5.97 Å². The Hall–Kier alpha value is -3.39. The zero-order valence-electron chi connectivity index (χ0n) is 19.5. The van der Waals surface area contributed by atoms with Crippen LogP contribution in [0.15, 0.2) is 36.4 Å². The summed E-state index contributed by atoms with van der Waals surface area (Å²) in [4.78, 5) is 26.7. The number of Topliss-reactive ketones (excluding diaryl/α,β-unsaturated/α-hetero) is 1. The maximum atomic E-state index is 12.8. The van der Waals surface area contributed by atoms with Crippen molar-refractivity contribution < 1.29 is 19.1 Å². The van der Waals surface area contributed by atoms with Crippen molar-refractivity contribution in [2.24, 2.45) is 7.05 Å². The largest absolute Gasteiger partial charge is 0.497 e. The van der Waals surface area contributed by atoms with Gasteiger partial charge in [-0.25, -0.2) is 4.79 Å². The van der Waals surface area contributed by atoms with Crippen LogP contribution in [-0.2, 0) is 24.8 Å². The molecule has 1 aromatic carbocycles. The number of ether oxygens (including phenoxy) is 2. The minimum Gasteiger partial charge on any atom is -0.497 e. The van der Waals surface area contributed by atoms with E-state index >= 15 is 0 Å². The average Bonchev–Trinajstić information content (AvgIpc) is 3.45. The third-order valence-corrected chi connectivity index (χ3v) is 7.07. The van der Waals surface area contributed by atoms with Crippen LogP contribution in [0.3, 0.4) is 0 Å². The van der Waals surface area contributed by atoms with Crippen molar-refractivity contribution in [3.05, 3.63) is 69.5 Å². The Morgan fingerprint density at radius 3 is 2.48 bits per heavy atom. The van der Waals surface area contributed by atoms with Crippen LogP contribution in [0.25, 0.3) is 10.2 Å². The number of carbonyl (C=O) groups excluding carboxylic acids is 2. The molecule has 172 valence electrons. The molecule has 0 unspecified atom stereocenters. The summed E-state index contributed by atoms with van der Waals surface area (Å²) >= 11 is 1.32. The molecule has 0 radical (unpaired) electrons. The maximum absolute atomic E-state index is 12.8. The molecular formula is C25H27N3O4S. The Morgan fingerprint density at radius 2 is 1.82 bits per heavy atom. The molecule has 0 saturated carbocycles. The summed E-state index contributed by atoms with van der Waals surface area (Å²) in [5.74, 6) is 0.139. The molecule has 0 spiro atoms. The van der Waals surface area contributed by atoms with E-state index in [2.05, 4.69) is 9.67 Å². The number of nitrogens with zero attached hydrogens (tertiary/aromatic N) is 3. The third-order valence-electron chi connectivity index (χ3n) is 5.89. The van der Waals surface area contributed by atoms with E-state index in [1.54, 1.807) is 17.9 Å². The molecular weight excluding hydrogens is 438 g/mol. The minimum atomic E-state index is -0.489. The average molecular weight is 466 g/mol. The number of ketones is 1. The van der Waals surface area contributed by atoms with Crippen molar-refractivity contribution in [3.63, 3.8) is 0 Å². The summed E-state index contributed by atoms with van der Waals surface area (Å²) in [6, 6.07) is 11.6. The first-order chi connectivity index (χ1) is 15.8. The van der Waals surface area contributed by atoms with Crippen LogP contribution >= 0.6 is 11.3 Å². The number of aromatic nitrogens is 3. The highest BCUT2D eigenvalue weighted by atomic mass is 32.1. The topological polar surface area (TPSA) is 75.3 Å². The van der Waals surface area contributed by atoms with Gasteiger partial charge < -0.3 is 14.0 Å². The Morgan fingerprint density at radius 1 is 1.09 bits per heavy atom. The van der Waals surface area contributed by atoms with Gasteiger partial charge in [-0.2, -0.15) is 5.10 Å². The highest BCUT2D eigenvalue weighted by molar-refractivity contribution is 7.20. The van der Waals surface area contributed by atoms with Crippen LogP contribution in [0.5, 0.6) is 5.75 Å². The second-order valence-electron chi connectivity index (χ2n) is 8.07. The van der Waals surface area contributed by atoms with Crippen molar-refractivity contribution in [1.29, 1.82) is 0 Å². The van der Waals surface area contributed by atoms with Gasteiger partial charge in [0.25, 0.3) is 0 Å². The van der Waals surface area contributed by atoms with E-state index in [9.17, 15) is 9.59 Å². The maximum Gasteiger partial charge on any atom is 0.348 e. The Bertz CT molecular complexity index is 1290. The third kappa shape index (κ3) is 4.57. The number of fused-ring (bicyclic) bond motifs is 1. The first-order valence-corrected chi connectivity index (χ1v) is 11.5. The van der Waals surface area contributed by atoms with Crippen molar-refractivity contribution in [1.82, 2.24) is 14.3 Å². The molecule has 4 aromatic rings. The molecule has 0 aliphatic carbocycles. The first kappa shape index (κ1) is 22.8. The van der Waals surface area contributed by atoms with Gasteiger partial charge in [0.15, 0.2) is 6.61 Å². The number of methoxy groups -OCH3 is 1. The predicted molar refractivity (Wildman–Crippen MR) is 129 cm³/mol. The van der Waals surface area contributed by atoms with E-state index in [0.717, 1.165) is 46.0 Å². The molecule has 0 aliphatic heterocycles. The van der Waals surface area contributed by atoms with E-state index in [1.807, 2.05) is 58.2 Å². The summed E-state index contributed by atoms with van der Waals surface area (Å²) in [5.41, 5.74) is 4.53. The van der Waals surface area contributed by atoms with Crippen molar-refractivity contribution in [3.8, 4) is 5.75 Å². The lowest BCUT2D eigenvalue weighted by atomic mass is 10.1. The quantitative estimate of drug-likeness (QED) is 0.280. The molecule has 0 atom stereocenters. The minimum absolute atomic E-state index is 0.203. The number of hydrogen-bond donors (Lipinski definition) is 0. The second-order valence-corrected chi connectivity index (χ2v) is 9.10. The van der Waals surface area contributed by atoms with Crippen LogP contribution < -0.4 is 4.74 Å². The molecule has 4 rings (SSSR count). The summed E-state index contributed by atoms with van der Waals surface area (Å²) in [5, 5.41) is 5.27. The van der Waals surface area contributed by atoms with Crippen LogP contribution in [0.4, 0.5) is 0 Å². The predicted octanol–water partition coefficient (Wildman–Crippen LogP) is 4.65. The number of rotatable bonds is 8. The Kier molecular flexibility index (Phi) is 6.37. The smallest absolute Gasteiger partial charge is 0.348 e. The summed E-state index contributed by atoms with van der Waals surface area (Å²) in [7, 11) is 3.49. The first-order valence-electron chi connectivity index (χ1n) is 10.7. The number of benzene rings is 1. The molecule has 7 nitrogen and oxygen atoms in total. The molecule has 0 saturated heterocycles. The van der Waals surface area contributed by atoms with Crippen molar-refractivity contribution >= 4 is 33.3 Å². The normalized spacial score (nSPS) is 11.2. The highest BCUT2D eigenvalue weighted by Gasteiger charge is 2.20.